The number of nitrogens with zero attached hydrogens (tertiary/aromatic N) is 3. The summed E-state index contributed by atoms with van der Waals surface area (Å²) >= 11 is 0. The Hall–Kier alpha value is -2.95. The van der Waals surface area contributed by atoms with Gasteiger partial charge in [-0.05, 0) is 48.8 Å². The van der Waals surface area contributed by atoms with Gasteiger partial charge in [0.1, 0.15) is 0 Å². The fraction of sp³-hybridized carbons (Fsp3) is 0.400. The zero-order valence-electron chi connectivity index (χ0n) is 18.0. The third kappa shape index (κ3) is 4.16. The highest BCUT2D eigenvalue weighted by Crippen LogP contribution is 2.37. The van der Waals surface area contributed by atoms with Gasteiger partial charge in [-0.3, -0.25) is 4.79 Å². The molecule has 2 aromatic carbocycles. The van der Waals surface area contributed by atoms with E-state index in [0.29, 0.717) is 12.5 Å². The number of amides is 1. The molecule has 3 aromatic rings. The summed E-state index contributed by atoms with van der Waals surface area (Å²) in [5.74, 6) is 0.773. The summed E-state index contributed by atoms with van der Waals surface area (Å²) in [7, 11) is 0. The first-order valence-corrected chi connectivity index (χ1v) is 11.0. The van der Waals surface area contributed by atoms with Gasteiger partial charge in [-0.1, -0.05) is 67.6 Å². The van der Waals surface area contributed by atoms with Crippen molar-refractivity contribution in [2.75, 3.05) is 6.54 Å². The highest BCUT2D eigenvalue weighted by molar-refractivity contribution is 5.79. The van der Waals surface area contributed by atoms with Crippen molar-refractivity contribution in [3.63, 3.8) is 0 Å². The van der Waals surface area contributed by atoms with Crippen LogP contribution in [-0.4, -0.2) is 27.4 Å². The van der Waals surface area contributed by atoms with Crippen LogP contribution < -0.4 is 5.32 Å². The van der Waals surface area contributed by atoms with E-state index in [4.69, 9.17) is 0 Å². The molecule has 0 radical (unpaired) electrons. The predicted octanol–water partition coefficient (Wildman–Crippen LogP) is 5.21. The fourth-order valence-corrected chi connectivity index (χ4v) is 4.35. The third-order valence-corrected chi connectivity index (χ3v) is 6.14. The van der Waals surface area contributed by atoms with Gasteiger partial charge in [0, 0.05) is 18.0 Å². The Bertz CT molecular complexity index is 989. The van der Waals surface area contributed by atoms with Gasteiger partial charge in [0.05, 0.1) is 17.9 Å². The first kappa shape index (κ1) is 20.3. The standard InChI is InChI=1S/C25H30N4O/c1-4-26-25(30)22-13-14-23(15-22)29-24(16-27-28-29)21-11-9-20(10-12-21)19-7-5-18(6-8-19)17(2)3/h5-12,16-17,22-23H,4,13-15H2,1-3H3,(H,26,30)/t22-,23+/m0/s1. The van der Waals surface area contributed by atoms with Crippen LogP contribution in [0.4, 0.5) is 0 Å². The second-order valence-corrected chi connectivity index (χ2v) is 8.48. The summed E-state index contributed by atoms with van der Waals surface area (Å²) in [4.78, 5) is 12.2. The number of aromatic nitrogens is 3. The number of benzene rings is 2. The highest BCUT2D eigenvalue weighted by Gasteiger charge is 2.32. The van der Waals surface area contributed by atoms with Gasteiger partial charge >= 0.3 is 0 Å². The van der Waals surface area contributed by atoms with Crippen LogP contribution in [-0.2, 0) is 4.79 Å². The molecule has 5 heteroatoms. The predicted molar refractivity (Wildman–Crippen MR) is 120 cm³/mol. The lowest BCUT2D eigenvalue weighted by molar-refractivity contribution is -0.124. The Kier molecular flexibility index (Phi) is 5.98. The normalized spacial score (nSPS) is 18.7. The Labute approximate surface area is 178 Å². The maximum Gasteiger partial charge on any atom is 0.223 e. The van der Waals surface area contributed by atoms with E-state index in [1.54, 1.807) is 0 Å². The maximum absolute atomic E-state index is 12.2. The number of carbonyl (C=O) groups is 1. The lowest BCUT2D eigenvalue weighted by atomic mass is 9.98. The van der Waals surface area contributed by atoms with E-state index in [-0.39, 0.29) is 17.9 Å². The molecule has 1 saturated carbocycles. The topological polar surface area (TPSA) is 59.8 Å². The summed E-state index contributed by atoms with van der Waals surface area (Å²) in [5.41, 5.74) is 5.89. The van der Waals surface area contributed by atoms with E-state index in [1.165, 1.54) is 16.7 Å². The molecule has 0 unspecified atom stereocenters. The minimum absolute atomic E-state index is 0.0724. The van der Waals surface area contributed by atoms with Crippen molar-refractivity contribution in [2.45, 2.75) is 52.0 Å². The summed E-state index contributed by atoms with van der Waals surface area (Å²) in [6, 6.07) is 17.6. The molecule has 1 fully saturated rings. The monoisotopic (exact) mass is 402 g/mol. The van der Waals surface area contributed by atoms with Crippen LogP contribution in [0.3, 0.4) is 0 Å². The van der Waals surface area contributed by atoms with Crippen molar-refractivity contribution < 1.29 is 4.79 Å². The smallest absolute Gasteiger partial charge is 0.223 e. The number of hydrogen-bond acceptors (Lipinski definition) is 3. The van der Waals surface area contributed by atoms with Crippen molar-refractivity contribution in [1.82, 2.24) is 20.3 Å². The molecule has 2 atom stereocenters. The number of nitrogens with one attached hydrogen (secondary N) is 1. The minimum Gasteiger partial charge on any atom is -0.356 e. The maximum atomic E-state index is 12.2. The lowest BCUT2D eigenvalue weighted by Crippen LogP contribution is -2.29. The van der Waals surface area contributed by atoms with Crippen LogP contribution in [0, 0.1) is 5.92 Å². The zero-order chi connectivity index (χ0) is 21.1. The molecule has 1 heterocycles. The Morgan fingerprint density at radius 2 is 1.67 bits per heavy atom. The van der Waals surface area contributed by atoms with Crippen LogP contribution in [0.2, 0.25) is 0 Å². The van der Waals surface area contributed by atoms with E-state index >= 15 is 0 Å². The molecule has 1 amide bonds. The van der Waals surface area contributed by atoms with Crippen molar-refractivity contribution in [3.8, 4) is 22.4 Å². The van der Waals surface area contributed by atoms with Gasteiger partial charge in [0.25, 0.3) is 0 Å². The average molecular weight is 403 g/mol. The first-order chi connectivity index (χ1) is 14.6. The SMILES string of the molecule is CCNC(=O)[C@H]1CC[C@@H](n2nncc2-c2ccc(-c3ccc(C(C)C)cc3)cc2)C1. The van der Waals surface area contributed by atoms with Crippen molar-refractivity contribution in [3.05, 3.63) is 60.3 Å². The zero-order valence-corrected chi connectivity index (χ0v) is 18.0. The van der Waals surface area contributed by atoms with E-state index < -0.39 is 0 Å². The Balaban J connectivity index is 1.51. The molecule has 1 aliphatic rings. The molecule has 0 bridgehead atoms. The quantitative estimate of drug-likeness (QED) is 0.615. The number of carbonyl (C=O) groups excluding carboxylic acids is 1. The van der Waals surface area contributed by atoms with E-state index in [0.717, 1.165) is 30.5 Å². The van der Waals surface area contributed by atoms with Gasteiger partial charge in [-0.15, -0.1) is 5.10 Å². The van der Waals surface area contributed by atoms with E-state index in [1.807, 2.05) is 17.8 Å². The van der Waals surface area contributed by atoms with Gasteiger partial charge in [0.15, 0.2) is 0 Å². The molecule has 1 aliphatic carbocycles. The molecular formula is C25H30N4O. The van der Waals surface area contributed by atoms with Crippen LogP contribution in [0.25, 0.3) is 22.4 Å². The van der Waals surface area contributed by atoms with Crippen LogP contribution in [0.5, 0.6) is 0 Å². The summed E-state index contributed by atoms with van der Waals surface area (Å²) in [5, 5.41) is 11.5. The minimum atomic E-state index is 0.0724. The molecule has 5 nitrogen and oxygen atoms in total. The molecule has 0 saturated heterocycles. The molecule has 1 aromatic heterocycles. The summed E-state index contributed by atoms with van der Waals surface area (Å²) in [6.07, 6.45) is 4.51. The van der Waals surface area contributed by atoms with Gasteiger partial charge in [0.2, 0.25) is 5.91 Å². The second-order valence-electron chi connectivity index (χ2n) is 8.48. The third-order valence-electron chi connectivity index (χ3n) is 6.14. The molecular weight excluding hydrogens is 372 g/mol. The summed E-state index contributed by atoms with van der Waals surface area (Å²) in [6.45, 7) is 7.07. The van der Waals surface area contributed by atoms with Crippen molar-refractivity contribution in [1.29, 1.82) is 0 Å². The van der Waals surface area contributed by atoms with Crippen LogP contribution >= 0.6 is 0 Å². The van der Waals surface area contributed by atoms with Crippen LogP contribution in [0.15, 0.2) is 54.7 Å². The van der Waals surface area contributed by atoms with Crippen molar-refractivity contribution >= 4 is 5.91 Å². The van der Waals surface area contributed by atoms with E-state index in [9.17, 15) is 4.79 Å². The van der Waals surface area contributed by atoms with Gasteiger partial charge in [-0.2, -0.15) is 0 Å². The highest BCUT2D eigenvalue weighted by atomic mass is 16.1. The Morgan fingerprint density at radius 1 is 1.03 bits per heavy atom. The lowest BCUT2D eigenvalue weighted by Gasteiger charge is -2.14. The molecule has 0 aliphatic heterocycles. The molecule has 1 N–H and O–H groups in total. The number of hydrogen-bond donors (Lipinski definition) is 1. The van der Waals surface area contributed by atoms with Gasteiger partial charge < -0.3 is 5.32 Å². The molecule has 30 heavy (non-hydrogen) atoms. The molecule has 0 spiro atoms. The van der Waals surface area contributed by atoms with Gasteiger partial charge in [-0.25, -0.2) is 4.68 Å². The van der Waals surface area contributed by atoms with Crippen molar-refractivity contribution in [2.24, 2.45) is 5.92 Å². The average Bonchev–Trinajstić information content (AvgIpc) is 3.44. The number of rotatable bonds is 6. The Morgan fingerprint density at radius 3 is 2.30 bits per heavy atom. The van der Waals surface area contributed by atoms with Crippen LogP contribution in [0.1, 0.15) is 57.6 Å². The summed E-state index contributed by atoms with van der Waals surface area (Å²) < 4.78 is 2.01. The first-order valence-electron chi connectivity index (χ1n) is 11.0. The largest absolute Gasteiger partial charge is 0.356 e. The second kappa shape index (κ2) is 8.82. The molecule has 4 rings (SSSR count). The fourth-order valence-electron chi connectivity index (χ4n) is 4.35. The van der Waals surface area contributed by atoms with E-state index in [2.05, 4.69) is 78.0 Å². The molecule has 156 valence electrons.